The number of nitrogens with one attached hydrogen (secondary N) is 4. The first-order valence-electron chi connectivity index (χ1n) is 19.8. The molecular weight excluding hydrogens is 705 g/mol. The highest BCUT2D eigenvalue weighted by atomic mass is 16.5. The molecule has 4 N–H and O–H groups in total. The minimum absolute atomic E-state index is 0.0428. The lowest BCUT2D eigenvalue weighted by molar-refractivity contribution is -0.135. The largest absolute Gasteiger partial charge is 0.453 e. The van der Waals surface area contributed by atoms with Crippen LogP contribution in [0.25, 0.3) is 33.6 Å². The minimum atomic E-state index is -0.655. The van der Waals surface area contributed by atoms with Crippen LogP contribution in [-0.4, -0.2) is 67.9 Å². The number of carbonyl (C=O) groups is 3. The van der Waals surface area contributed by atoms with Crippen molar-refractivity contribution in [2.45, 2.75) is 83.3 Å². The second-order valence-electron chi connectivity index (χ2n) is 15.6. The molecule has 292 valence electrons. The number of ether oxygens (including phenoxy) is 1. The molecule has 3 fully saturated rings. The number of rotatable bonds is 11. The number of methoxy groups -OCH3 is 1. The number of H-pyrrole nitrogens is 2. The number of pyridine rings is 1. The number of amides is 3. The van der Waals surface area contributed by atoms with Crippen LogP contribution in [0.1, 0.15) is 94.5 Å². The van der Waals surface area contributed by atoms with Crippen LogP contribution in [0.4, 0.5) is 4.79 Å². The molecule has 6 unspecified atom stereocenters. The average molecular weight is 757 g/mol. The maximum Gasteiger partial charge on any atom is 0.407 e. The Morgan fingerprint density at radius 3 is 2.04 bits per heavy atom. The summed E-state index contributed by atoms with van der Waals surface area (Å²) in [5, 5.41) is 5.35. The van der Waals surface area contributed by atoms with Crippen LogP contribution >= 0.6 is 0 Å². The Labute approximate surface area is 328 Å². The molecular formula is C44H52N8O4. The zero-order valence-electron chi connectivity index (χ0n) is 32.6. The van der Waals surface area contributed by atoms with Crippen LogP contribution in [0.2, 0.25) is 0 Å². The number of aromatic nitrogens is 5. The highest BCUT2D eigenvalue weighted by Gasteiger charge is 2.41. The molecule has 0 radical (unpaired) electrons. The molecule has 3 amide bonds. The number of carbonyl (C=O) groups excluding carboxylic acids is 3. The monoisotopic (exact) mass is 756 g/mol. The van der Waals surface area contributed by atoms with Gasteiger partial charge in [-0.2, -0.15) is 0 Å². The molecule has 6 atom stereocenters. The highest BCUT2D eigenvalue weighted by Crippen LogP contribution is 2.52. The van der Waals surface area contributed by atoms with E-state index in [1.165, 1.54) is 38.6 Å². The number of benzene rings is 2. The molecule has 0 spiro atoms. The lowest BCUT2D eigenvalue weighted by Crippen LogP contribution is -2.51. The molecule has 2 saturated carbocycles. The fraction of sp³-hybridized carbons (Fsp3) is 0.409. The topological polar surface area (TPSA) is 158 Å². The van der Waals surface area contributed by atoms with Crippen molar-refractivity contribution in [3.05, 3.63) is 103 Å². The molecule has 56 heavy (non-hydrogen) atoms. The van der Waals surface area contributed by atoms with Gasteiger partial charge in [-0.05, 0) is 90.7 Å². The van der Waals surface area contributed by atoms with Gasteiger partial charge in [0.25, 0.3) is 0 Å². The fourth-order valence-electron chi connectivity index (χ4n) is 8.61. The summed E-state index contributed by atoms with van der Waals surface area (Å²) in [6.07, 6.45) is 14.5. The van der Waals surface area contributed by atoms with E-state index in [1.54, 1.807) is 12.4 Å². The van der Waals surface area contributed by atoms with Gasteiger partial charge in [-0.3, -0.25) is 14.6 Å². The Kier molecular flexibility index (Phi) is 11.9. The van der Waals surface area contributed by atoms with Crippen molar-refractivity contribution >= 4 is 18.4 Å². The third kappa shape index (κ3) is 8.54. The van der Waals surface area contributed by atoms with Gasteiger partial charge in [0.2, 0.25) is 12.3 Å². The maximum absolute atomic E-state index is 13.5. The number of fused-ring (bicyclic) bond motifs is 2. The third-order valence-corrected chi connectivity index (χ3v) is 11.8. The van der Waals surface area contributed by atoms with Crippen LogP contribution in [0.5, 0.6) is 0 Å². The van der Waals surface area contributed by atoms with Crippen LogP contribution in [0.3, 0.4) is 0 Å². The van der Waals surface area contributed by atoms with E-state index in [4.69, 9.17) is 9.72 Å². The number of nitrogens with zero attached hydrogens (tertiary/aromatic N) is 4. The minimum Gasteiger partial charge on any atom is -0.453 e. The van der Waals surface area contributed by atoms with E-state index in [-0.39, 0.29) is 23.9 Å². The van der Waals surface area contributed by atoms with Gasteiger partial charge in [-0.1, -0.05) is 74.9 Å². The Hall–Kier alpha value is -5.78. The lowest BCUT2D eigenvalue weighted by Gasteiger charge is -2.30. The van der Waals surface area contributed by atoms with Gasteiger partial charge in [0.15, 0.2) is 0 Å². The van der Waals surface area contributed by atoms with Gasteiger partial charge >= 0.3 is 6.09 Å². The van der Waals surface area contributed by atoms with E-state index < -0.39 is 12.1 Å². The van der Waals surface area contributed by atoms with Crippen molar-refractivity contribution in [3.63, 3.8) is 0 Å². The molecule has 5 aromatic rings. The molecule has 2 aromatic carbocycles. The summed E-state index contributed by atoms with van der Waals surface area (Å²) in [5.41, 5.74) is 7.49. The Bertz CT molecular complexity index is 2080. The molecule has 2 aliphatic carbocycles. The summed E-state index contributed by atoms with van der Waals surface area (Å²) in [6, 6.07) is 20.1. The van der Waals surface area contributed by atoms with E-state index >= 15 is 0 Å². The zero-order valence-corrected chi connectivity index (χ0v) is 32.6. The third-order valence-electron chi connectivity index (χ3n) is 11.8. The Morgan fingerprint density at radius 2 is 1.48 bits per heavy atom. The van der Waals surface area contributed by atoms with Crippen LogP contribution in [-0.2, 0) is 14.3 Å². The predicted octanol–water partition coefficient (Wildman–Crippen LogP) is 7.97. The van der Waals surface area contributed by atoms with E-state index in [1.807, 2.05) is 50.2 Å². The number of hydrogen-bond donors (Lipinski definition) is 4. The molecule has 3 aromatic heterocycles. The lowest BCUT2D eigenvalue weighted by atomic mass is 9.88. The smallest absolute Gasteiger partial charge is 0.407 e. The first-order chi connectivity index (χ1) is 27.2. The molecule has 12 nitrogen and oxygen atoms in total. The van der Waals surface area contributed by atoms with Gasteiger partial charge in [-0.25, -0.2) is 14.8 Å². The molecule has 4 heterocycles. The zero-order chi connectivity index (χ0) is 39.2. The number of aromatic amines is 2. The SMILES string of the molecule is CC(NC=O)c1cccnc1.COC(=O)NC(C(=O)N1CCCC1c1ncc(-c2ccc(-c3ccc(-c4cnc(C5CC6CCC5C6)[nH]4)cc3)cc2)[nH]1)C(C)C. The highest BCUT2D eigenvalue weighted by molar-refractivity contribution is 5.86. The van der Waals surface area contributed by atoms with Gasteiger partial charge in [0, 0.05) is 24.9 Å². The summed E-state index contributed by atoms with van der Waals surface area (Å²) >= 11 is 0. The van der Waals surface area contributed by atoms with Gasteiger partial charge in [0.05, 0.1) is 43.0 Å². The van der Waals surface area contributed by atoms with Crippen molar-refractivity contribution in [2.24, 2.45) is 17.8 Å². The van der Waals surface area contributed by atoms with Gasteiger partial charge in [-0.15, -0.1) is 0 Å². The number of hydrogen-bond acceptors (Lipinski definition) is 7. The summed E-state index contributed by atoms with van der Waals surface area (Å²) < 4.78 is 4.75. The second kappa shape index (κ2) is 17.3. The van der Waals surface area contributed by atoms with E-state index in [0.29, 0.717) is 18.9 Å². The van der Waals surface area contributed by atoms with E-state index in [2.05, 4.69) is 79.1 Å². The number of alkyl carbamates (subject to hydrolysis) is 1. The van der Waals surface area contributed by atoms with Crippen molar-refractivity contribution < 1.29 is 19.1 Å². The maximum atomic E-state index is 13.5. The fourth-order valence-corrected chi connectivity index (χ4v) is 8.61. The van der Waals surface area contributed by atoms with Crippen molar-refractivity contribution in [2.75, 3.05) is 13.7 Å². The molecule has 1 saturated heterocycles. The normalized spacial score (nSPS) is 20.9. The predicted molar refractivity (Wildman–Crippen MR) is 215 cm³/mol. The summed E-state index contributed by atoms with van der Waals surface area (Å²) in [7, 11) is 1.30. The standard InChI is InChI=1S/C36H42N6O3.C8H10N2O/c1-21(2)32(41-36(44)45-3)35(43)42-16-4-5-31(42)34-38-20-30(40-34)26-14-10-24(11-15-26)23-8-12-25(13-9-23)29-19-37-33(39-29)28-18-22-6-7-27(28)17-22;1-7(10-6-11)8-3-2-4-9-5-8/h8-15,19-22,27-28,31-32H,4-7,16-18H2,1-3H3,(H,37,39)(H,38,40)(H,41,44);2-7H,1H3,(H,10,11). The molecule has 2 bridgehead atoms. The van der Waals surface area contributed by atoms with Crippen molar-refractivity contribution in [1.82, 2.24) is 40.5 Å². The summed E-state index contributed by atoms with van der Waals surface area (Å²) in [5.74, 6) is 4.07. The number of imidazole rings is 2. The van der Waals surface area contributed by atoms with Crippen molar-refractivity contribution in [1.29, 1.82) is 0 Å². The Balaban J connectivity index is 0.000000378. The molecule has 3 aliphatic rings. The first-order valence-corrected chi connectivity index (χ1v) is 19.8. The Morgan fingerprint density at radius 1 is 0.839 bits per heavy atom. The van der Waals surface area contributed by atoms with Crippen LogP contribution in [0, 0.1) is 17.8 Å². The second-order valence-corrected chi connectivity index (χ2v) is 15.6. The van der Waals surface area contributed by atoms with Crippen LogP contribution in [0.15, 0.2) is 85.5 Å². The van der Waals surface area contributed by atoms with Gasteiger partial charge < -0.3 is 30.2 Å². The first kappa shape index (κ1) is 38.5. The van der Waals surface area contributed by atoms with Crippen LogP contribution < -0.4 is 10.6 Å². The molecule has 8 rings (SSSR count). The summed E-state index contributed by atoms with van der Waals surface area (Å²) in [6.45, 7) is 6.37. The average Bonchev–Trinajstić information content (AvgIpc) is 4.09. The van der Waals surface area contributed by atoms with Gasteiger partial charge in [0.1, 0.15) is 17.7 Å². The number of likely N-dealkylation sites (tertiary alicyclic amines) is 1. The van der Waals surface area contributed by atoms with E-state index in [9.17, 15) is 14.4 Å². The summed E-state index contributed by atoms with van der Waals surface area (Å²) in [4.78, 5) is 57.7. The van der Waals surface area contributed by atoms with Crippen molar-refractivity contribution in [3.8, 4) is 33.6 Å². The molecule has 12 heteroatoms. The quantitative estimate of drug-likeness (QED) is 0.0996. The van der Waals surface area contributed by atoms with E-state index in [0.717, 1.165) is 69.7 Å². The molecule has 1 aliphatic heterocycles.